The quantitative estimate of drug-likeness (QED) is 0.779. The van der Waals surface area contributed by atoms with Crippen molar-refractivity contribution in [1.82, 2.24) is 5.32 Å². The van der Waals surface area contributed by atoms with Gasteiger partial charge in [-0.2, -0.15) is 0 Å². The number of ether oxygens (including phenoxy) is 2. The smallest absolute Gasteiger partial charge is 0.331 e. The number of aliphatic hydroxyl groups excluding tert-OH is 1. The molecular formula is C16H17NO6. The third-order valence-electron chi connectivity index (χ3n) is 3.26. The molecule has 23 heavy (non-hydrogen) atoms. The van der Waals surface area contributed by atoms with E-state index in [1.165, 1.54) is 26.5 Å². The van der Waals surface area contributed by atoms with E-state index in [1.807, 2.05) is 0 Å². The topological polar surface area (TPSA) is 98.0 Å². The Labute approximate surface area is 132 Å². The Kier molecular flexibility index (Phi) is 5.37. The summed E-state index contributed by atoms with van der Waals surface area (Å²) in [7, 11) is 2.70. The van der Waals surface area contributed by atoms with Crippen LogP contribution in [0.1, 0.15) is 22.2 Å². The van der Waals surface area contributed by atoms with Crippen LogP contribution in [0.15, 0.2) is 47.1 Å². The van der Waals surface area contributed by atoms with Gasteiger partial charge in [0.05, 0.1) is 20.5 Å². The van der Waals surface area contributed by atoms with E-state index in [-0.39, 0.29) is 5.76 Å². The fourth-order valence-corrected chi connectivity index (χ4v) is 2.01. The molecule has 122 valence electrons. The molecule has 1 aromatic carbocycles. The first-order valence-electron chi connectivity index (χ1n) is 6.81. The molecule has 0 saturated carbocycles. The maximum Gasteiger partial charge on any atom is 0.331 e. The van der Waals surface area contributed by atoms with E-state index in [0.717, 1.165) is 0 Å². The Morgan fingerprint density at radius 3 is 2.39 bits per heavy atom. The molecule has 2 aromatic rings. The minimum absolute atomic E-state index is 0.0285. The molecule has 0 aliphatic heterocycles. The van der Waals surface area contributed by atoms with Crippen molar-refractivity contribution < 1.29 is 28.6 Å². The van der Waals surface area contributed by atoms with Crippen LogP contribution in [0.5, 0.6) is 5.75 Å². The zero-order valence-electron chi connectivity index (χ0n) is 12.7. The second-order valence-corrected chi connectivity index (χ2v) is 4.67. The van der Waals surface area contributed by atoms with Gasteiger partial charge in [-0.25, -0.2) is 4.79 Å². The van der Waals surface area contributed by atoms with Crippen molar-refractivity contribution in [2.45, 2.75) is 12.1 Å². The van der Waals surface area contributed by atoms with Gasteiger partial charge in [0.1, 0.15) is 11.9 Å². The normalized spacial score (nSPS) is 13.0. The number of hydrogen-bond acceptors (Lipinski definition) is 6. The standard InChI is InChI=1S/C16H17NO6/c1-21-11-7-5-10(6-8-11)14(18)13(16(20)22-2)17-15(19)12-4-3-9-23-12/h3-9,13-14,18H,1-2H3,(H,17,19). The summed E-state index contributed by atoms with van der Waals surface area (Å²) in [6.07, 6.45) is 0.0503. The zero-order valence-corrected chi connectivity index (χ0v) is 12.7. The number of methoxy groups -OCH3 is 2. The van der Waals surface area contributed by atoms with E-state index >= 15 is 0 Å². The minimum Gasteiger partial charge on any atom is -0.497 e. The minimum atomic E-state index is -1.28. The molecule has 0 bridgehead atoms. The molecule has 0 radical (unpaired) electrons. The fourth-order valence-electron chi connectivity index (χ4n) is 2.01. The molecule has 7 heteroatoms. The van der Waals surface area contributed by atoms with E-state index in [9.17, 15) is 14.7 Å². The lowest BCUT2D eigenvalue weighted by Gasteiger charge is -2.22. The summed E-state index contributed by atoms with van der Waals surface area (Å²) in [5, 5.41) is 12.8. The van der Waals surface area contributed by atoms with E-state index in [0.29, 0.717) is 11.3 Å². The van der Waals surface area contributed by atoms with Crippen molar-refractivity contribution in [3.8, 4) is 5.75 Å². The van der Waals surface area contributed by atoms with Crippen molar-refractivity contribution in [3.63, 3.8) is 0 Å². The number of amides is 1. The SMILES string of the molecule is COC(=O)C(NC(=O)c1ccco1)C(O)c1ccc(OC)cc1. The molecule has 0 saturated heterocycles. The van der Waals surface area contributed by atoms with E-state index in [4.69, 9.17) is 9.15 Å². The Morgan fingerprint density at radius 1 is 1.17 bits per heavy atom. The molecule has 2 rings (SSSR count). The highest BCUT2D eigenvalue weighted by Crippen LogP contribution is 2.21. The van der Waals surface area contributed by atoms with Gasteiger partial charge in [0.25, 0.3) is 5.91 Å². The highest BCUT2D eigenvalue weighted by atomic mass is 16.5. The lowest BCUT2D eigenvalue weighted by molar-refractivity contribution is -0.146. The molecular weight excluding hydrogens is 302 g/mol. The van der Waals surface area contributed by atoms with Gasteiger partial charge in [-0.05, 0) is 29.8 Å². The summed E-state index contributed by atoms with van der Waals surface area (Å²) in [6, 6.07) is 8.19. The van der Waals surface area contributed by atoms with Crippen molar-refractivity contribution in [2.75, 3.05) is 14.2 Å². The Hall–Kier alpha value is -2.80. The number of aliphatic hydroxyl groups is 1. The van der Waals surface area contributed by atoms with Crippen LogP contribution in [0.25, 0.3) is 0 Å². The highest BCUT2D eigenvalue weighted by molar-refractivity contribution is 5.94. The van der Waals surface area contributed by atoms with E-state index in [2.05, 4.69) is 10.1 Å². The molecule has 1 amide bonds. The highest BCUT2D eigenvalue weighted by Gasteiger charge is 2.31. The Bertz CT molecular complexity index is 650. The van der Waals surface area contributed by atoms with Gasteiger partial charge in [-0.3, -0.25) is 4.79 Å². The number of esters is 1. The van der Waals surface area contributed by atoms with Gasteiger partial charge in [0, 0.05) is 0 Å². The van der Waals surface area contributed by atoms with Gasteiger partial charge in [-0.15, -0.1) is 0 Å². The van der Waals surface area contributed by atoms with Crippen molar-refractivity contribution in [1.29, 1.82) is 0 Å². The first kappa shape index (κ1) is 16.6. The summed E-state index contributed by atoms with van der Waals surface area (Å²) in [5.74, 6) is -0.762. The maximum absolute atomic E-state index is 12.0. The lowest BCUT2D eigenvalue weighted by atomic mass is 10.0. The fraction of sp³-hybridized carbons (Fsp3) is 0.250. The number of rotatable bonds is 6. The van der Waals surface area contributed by atoms with E-state index < -0.39 is 24.0 Å². The number of nitrogens with one attached hydrogen (secondary N) is 1. The summed E-state index contributed by atoms with van der Waals surface area (Å²) in [5.41, 5.74) is 0.431. The second-order valence-electron chi connectivity index (χ2n) is 4.67. The van der Waals surface area contributed by atoms with Gasteiger partial charge >= 0.3 is 5.97 Å². The lowest BCUT2D eigenvalue weighted by Crippen LogP contribution is -2.45. The Balaban J connectivity index is 2.19. The molecule has 0 fully saturated rings. The van der Waals surface area contributed by atoms with Crippen molar-refractivity contribution in [2.24, 2.45) is 0 Å². The summed E-state index contributed by atoms with van der Waals surface area (Å²) >= 11 is 0. The third-order valence-corrected chi connectivity index (χ3v) is 3.26. The Morgan fingerprint density at radius 2 is 1.87 bits per heavy atom. The van der Waals surface area contributed by atoms with Crippen LogP contribution >= 0.6 is 0 Å². The van der Waals surface area contributed by atoms with Gasteiger partial charge < -0.3 is 24.3 Å². The number of hydrogen-bond donors (Lipinski definition) is 2. The van der Waals surface area contributed by atoms with Crippen molar-refractivity contribution in [3.05, 3.63) is 54.0 Å². The van der Waals surface area contributed by atoms with Gasteiger partial charge in [0.15, 0.2) is 11.8 Å². The van der Waals surface area contributed by atoms with Crippen molar-refractivity contribution >= 4 is 11.9 Å². The van der Waals surface area contributed by atoms with Crippen LogP contribution in [0, 0.1) is 0 Å². The van der Waals surface area contributed by atoms with Crippen LogP contribution in [-0.4, -0.2) is 37.2 Å². The van der Waals surface area contributed by atoms with Gasteiger partial charge in [0.2, 0.25) is 0 Å². The third kappa shape index (κ3) is 3.89. The number of benzene rings is 1. The largest absolute Gasteiger partial charge is 0.497 e. The molecule has 1 heterocycles. The monoisotopic (exact) mass is 319 g/mol. The first-order valence-corrected chi connectivity index (χ1v) is 6.81. The summed E-state index contributed by atoms with van der Waals surface area (Å²) in [4.78, 5) is 23.9. The molecule has 2 atom stereocenters. The number of carbonyl (C=O) groups is 2. The van der Waals surface area contributed by atoms with Crippen LogP contribution in [0.2, 0.25) is 0 Å². The summed E-state index contributed by atoms with van der Waals surface area (Å²) < 4.78 is 14.6. The number of carbonyl (C=O) groups excluding carboxylic acids is 2. The summed E-state index contributed by atoms with van der Waals surface area (Å²) in [6.45, 7) is 0. The van der Waals surface area contributed by atoms with Crippen LogP contribution in [-0.2, 0) is 9.53 Å². The molecule has 0 aliphatic rings. The molecule has 1 aromatic heterocycles. The van der Waals surface area contributed by atoms with Crippen LogP contribution in [0.3, 0.4) is 0 Å². The first-order chi connectivity index (χ1) is 11.1. The van der Waals surface area contributed by atoms with Crippen LogP contribution in [0.4, 0.5) is 0 Å². The van der Waals surface area contributed by atoms with Crippen LogP contribution < -0.4 is 10.1 Å². The molecule has 7 nitrogen and oxygen atoms in total. The maximum atomic E-state index is 12.0. The predicted molar refractivity (Wildman–Crippen MR) is 79.9 cm³/mol. The average Bonchev–Trinajstić information content (AvgIpc) is 3.13. The second kappa shape index (κ2) is 7.46. The molecule has 0 spiro atoms. The molecule has 2 unspecified atom stereocenters. The predicted octanol–water partition coefficient (Wildman–Crippen LogP) is 1.29. The molecule has 2 N–H and O–H groups in total. The van der Waals surface area contributed by atoms with E-state index in [1.54, 1.807) is 30.3 Å². The number of furan rings is 1. The average molecular weight is 319 g/mol. The van der Waals surface area contributed by atoms with Gasteiger partial charge in [-0.1, -0.05) is 12.1 Å². The molecule has 0 aliphatic carbocycles. The zero-order chi connectivity index (χ0) is 16.8.